The zero-order valence-electron chi connectivity index (χ0n) is 9.56. The number of thioether (sulfide) groups is 1. The van der Waals surface area contributed by atoms with Gasteiger partial charge in [0, 0.05) is 24.1 Å². The molecule has 0 atom stereocenters. The van der Waals surface area contributed by atoms with Crippen molar-refractivity contribution in [2.45, 2.75) is 10.8 Å². The minimum Gasteiger partial charge on any atom is -0.618 e. The van der Waals surface area contributed by atoms with Gasteiger partial charge in [0.05, 0.1) is 11.9 Å². The van der Waals surface area contributed by atoms with Crippen molar-refractivity contribution < 1.29 is 4.73 Å². The molecule has 0 unspecified atom stereocenters. The fourth-order valence-electron chi connectivity index (χ4n) is 1.76. The number of rotatable bonds is 3. The number of pyridine rings is 2. The smallest absolute Gasteiger partial charge is 0.251 e. The van der Waals surface area contributed by atoms with Crippen LogP contribution in [-0.4, -0.2) is 9.38 Å². The van der Waals surface area contributed by atoms with Gasteiger partial charge >= 0.3 is 0 Å². The standard InChI is InChI=1S/C13H11N3OS/c17-16-8-4-2-6-13(16)18-10-11-9-14-12-5-1-3-7-15(11)12/h1-9H,10H2. The minimum atomic E-state index is 0.698. The molecule has 0 aliphatic heterocycles. The second-order valence-corrected chi connectivity index (χ2v) is 4.83. The van der Waals surface area contributed by atoms with Gasteiger partial charge in [0.15, 0.2) is 6.20 Å². The Kier molecular flexibility index (Phi) is 2.90. The van der Waals surface area contributed by atoms with Crippen LogP contribution in [0.15, 0.2) is 60.0 Å². The van der Waals surface area contributed by atoms with Crippen LogP contribution in [0.1, 0.15) is 5.69 Å². The molecule has 0 aliphatic carbocycles. The van der Waals surface area contributed by atoms with E-state index in [0.29, 0.717) is 5.03 Å². The van der Waals surface area contributed by atoms with E-state index in [1.165, 1.54) is 18.0 Å². The van der Waals surface area contributed by atoms with E-state index < -0.39 is 0 Å². The molecule has 0 N–H and O–H groups in total. The summed E-state index contributed by atoms with van der Waals surface area (Å²) in [4.78, 5) is 4.32. The maximum Gasteiger partial charge on any atom is 0.251 e. The lowest BCUT2D eigenvalue weighted by Crippen LogP contribution is -2.27. The lowest BCUT2D eigenvalue weighted by molar-refractivity contribution is -0.645. The van der Waals surface area contributed by atoms with E-state index >= 15 is 0 Å². The Hall–Kier alpha value is -2.01. The van der Waals surface area contributed by atoms with Crippen LogP contribution in [0.2, 0.25) is 0 Å². The molecule has 0 spiro atoms. The van der Waals surface area contributed by atoms with E-state index in [2.05, 4.69) is 4.98 Å². The predicted octanol–water partition coefficient (Wildman–Crippen LogP) is 2.26. The summed E-state index contributed by atoms with van der Waals surface area (Å²) in [6.45, 7) is 0. The first-order chi connectivity index (χ1) is 8.84. The van der Waals surface area contributed by atoms with Crippen LogP contribution in [0.25, 0.3) is 5.65 Å². The largest absolute Gasteiger partial charge is 0.618 e. The van der Waals surface area contributed by atoms with Gasteiger partial charge in [0.1, 0.15) is 5.65 Å². The highest BCUT2D eigenvalue weighted by molar-refractivity contribution is 7.98. The molecule has 0 aliphatic rings. The third kappa shape index (κ3) is 2.04. The third-order valence-electron chi connectivity index (χ3n) is 2.65. The van der Waals surface area contributed by atoms with Crippen LogP contribution in [0.5, 0.6) is 0 Å². The van der Waals surface area contributed by atoms with Crippen LogP contribution in [-0.2, 0) is 5.75 Å². The fraction of sp³-hybridized carbons (Fsp3) is 0.0769. The zero-order valence-corrected chi connectivity index (χ0v) is 10.4. The quantitative estimate of drug-likeness (QED) is 0.411. The third-order valence-corrected chi connectivity index (χ3v) is 3.70. The first-order valence-corrected chi connectivity index (χ1v) is 6.55. The second kappa shape index (κ2) is 4.70. The van der Waals surface area contributed by atoms with Gasteiger partial charge in [-0.05, 0) is 30.0 Å². The summed E-state index contributed by atoms with van der Waals surface area (Å²) in [6, 6.07) is 11.3. The summed E-state index contributed by atoms with van der Waals surface area (Å²) in [7, 11) is 0. The molecule has 3 rings (SSSR count). The van der Waals surface area contributed by atoms with Gasteiger partial charge in [-0.1, -0.05) is 6.07 Å². The number of hydrogen-bond donors (Lipinski definition) is 0. The number of imidazole rings is 1. The summed E-state index contributed by atoms with van der Waals surface area (Å²) in [6.07, 6.45) is 5.34. The summed E-state index contributed by atoms with van der Waals surface area (Å²) < 4.78 is 2.92. The molecule has 3 aromatic rings. The maximum atomic E-state index is 11.5. The Labute approximate surface area is 108 Å². The van der Waals surface area contributed by atoms with Gasteiger partial charge in [-0.15, -0.1) is 0 Å². The van der Waals surface area contributed by atoms with E-state index in [0.717, 1.165) is 21.8 Å². The molecule has 90 valence electrons. The predicted molar refractivity (Wildman–Crippen MR) is 70.2 cm³/mol. The van der Waals surface area contributed by atoms with Crippen molar-refractivity contribution in [3.8, 4) is 0 Å². The molecule has 0 saturated heterocycles. The lowest BCUT2D eigenvalue weighted by atomic mass is 10.4. The molecule has 0 fully saturated rings. The topological polar surface area (TPSA) is 44.2 Å². The molecule has 18 heavy (non-hydrogen) atoms. The Bertz CT molecular complexity index is 681. The summed E-state index contributed by atoms with van der Waals surface area (Å²) in [5.74, 6) is 0.720. The Balaban J connectivity index is 1.83. The lowest BCUT2D eigenvalue weighted by Gasteiger charge is -2.03. The molecule has 0 bridgehead atoms. The average molecular weight is 257 g/mol. The summed E-state index contributed by atoms with van der Waals surface area (Å²) in [5, 5.41) is 12.2. The first kappa shape index (κ1) is 11.1. The van der Waals surface area contributed by atoms with E-state index in [1.807, 2.05) is 47.1 Å². The number of fused-ring (bicyclic) bond motifs is 1. The van der Waals surface area contributed by atoms with Crippen LogP contribution >= 0.6 is 11.8 Å². The number of aromatic nitrogens is 3. The maximum absolute atomic E-state index is 11.5. The van der Waals surface area contributed by atoms with E-state index in [-0.39, 0.29) is 0 Å². The Morgan fingerprint density at radius 2 is 2.11 bits per heavy atom. The molecular weight excluding hydrogens is 246 g/mol. The summed E-state index contributed by atoms with van der Waals surface area (Å²) in [5.41, 5.74) is 2.01. The van der Waals surface area contributed by atoms with Crippen LogP contribution < -0.4 is 4.73 Å². The van der Waals surface area contributed by atoms with Crippen LogP contribution in [0, 0.1) is 5.21 Å². The van der Waals surface area contributed by atoms with Crippen LogP contribution in [0.3, 0.4) is 0 Å². The molecule has 3 heterocycles. The fourth-order valence-corrected chi connectivity index (χ4v) is 2.64. The zero-order chi connectivity index (χ0) is 12.4. The molecule has 4 nitrogen and oxygen atoms in total. The molecule has 0 saturated carbocycles. The van der Waals surface area contributed by atoms with E-state index in [4.69, 9.17) is 0 Å². The van der Waals surface area contributed by atoms with Gasteiger partial charge in [0.25, 0.3) is 5.03 Å². The van der Waals surface area contributed by atoms with E-state index in [9.17, 15) is 5.21 Å². The van der Waals surface area contributed by atoms with Crippen molar-refractivity contribution in [1.29, 1.82) is 0 Å². The molecule has 0 radical (unpaired) electrons. The number of hydrogen-bond acceptors (Lipinski definition) is 3. The number of nitrogens with zero attached hydrogens (tertiary/aromatic N) is 3. The molecule has 0 aromatic carbocycles. The van der Waals surface area contributed by atoms with Crippen molar-refractivity contribution in [2.24, 2.45) is 0 Å². The van der Waals surface area contributed by atoms with Gasteiger partial charge in [-0.2, -0.15) is 4.73 Å². The molecular formula is C13H11N3OS. The average Bonchev–Trinajstić information content (AvgIpc) is 2.81. The molecule has 5 heteroatoms. The van der Waals surface area contributed by atoms with Gasteiger partial charge in [-0.25, -0.2) is 4.98 Å². The Morgan fingerprint density at radius 3 is 3.00 bits per heavy atom. The SMILES string of the molecule is [O-][n+]1ccccc1SCc1cnc2ccccn12. The Morgan fingerprint density at radius 1 is 1.22 bits per heavy atom. The minimum absolute atomic E-state index is 0.698. The molecule has 0 amide bonds. The molecule has 3 aromatic heterocycles. The van der Waals surface area contributed by atoms with Crippen molar-refractivity contribution in [2.75, 3.05) is 0 Å². The van der Waals surface area contributed by atoms with Gasteiger partial charge in [0.2, 0.25) is 0 Å². The monoisotopic (exact) mass is 257 g/mol. The van der Waals surface area contributed by atoms with Crippen molar-refractivity contribution >= 4 is 17.4 Å². The highest BCUT2D eigenvalue weighted by atomic mass is 32.2. The summed E-state index contributed by atoms with van der Waals surface area (Å²) >= 11 is 1.51. The highest BCUT2D eigenvalue weighted by Gasteiger charge is 2.07. The first-order valence-electron chi connectivity index (χ1n) is 5.56. The van der Waals surface area contributed by atoms with Crippen LogP contribution in [0.4, 0.5) is 0 Å². The van der Waals surface area contributed by atoms with Crippen molar-refractivity contribution in [3.05, 3.63) is 65.9 Å². The highest BCUT2D eigenvalue weighted by Crippen LogP contribution is 2.19. The van der Waals surface area contributed by atoms with Gasteiger partial charge in [-0.3, -0.25) is 0 Å². The normalized spacial score (nSPS) is 10.9. The van der Waals surface area contributed by atoms with Crippen molar-refractivity contribution in [1.82, 2.24) is 9.38 Å². The second-order valence-electron chi connectivity index (χ2n) is 3.83. The van der Waals surface area contributed by atoms with E-state index in [1.54, 1.807) is 6.07 Å². The van der Waals surface area contributed by atoms with Crippen molar-refractivity contribution in [3.63, 3.8) is 0 Å². The van der Waals surface area contributed by atoms with Gasteiger partial charge < -0.3 is 9.61 Å².